The Morgan fingerprint density at radius 1 is 1.62 bits per heavy atom. The molecule has 8 heavy (non-hydrogen) atoms. The van der Waals surface area contributed by atoms with E-state index in [-0.39, 0.29) is 6.54 Å². The Hall–Kier alpha value is -0.410. The minimum absolute atomic E-state index is 0.144. The zero-order chi connectivity index (χ0) is 6.04. The van der Waals surface area contributed by atoms with E-state index < -0.39 is 5.18 Å². The van der Waals surface area contributed by atoms with Gasteiger partial charge in [-0.25, -0.2) is 4.99 Å². The predicted octanol–water partition coefficient (Wildman–Crippen LogP) is 0.0265. The van der Waals surface area contributed by atoms with Gasteiger partial charge in [0.2, 0.25) is 0 Å². The van der Waals surface area contributed by atoms with Crippen LogP contribution < -0.4 is 0 Å². The third-order valence-corrected chi connectivity index (χ3v) is 0.954. The molecule has 0 aromatic rings. The second-order valence-electron chi connectivity index (χ2n) is 1.49. The van der Waals surface area contributed by atoms with Gasteiger partial charge in [0.25, 0.3) is 5.18 Å². The molecule has 0 saturated heterocycles. The van der Waals surface area contributed by atoms with E-state index in [0.29, 0.717) is 0 Å². The van der Waals surface area contributed by atoms with Gasteiger partial charge in [-0.15, -0.1) is 0 Å². The largest absolute Gasteiger partial charge is 0.356 e. The molecule has 0 aromatic carbocycles. The van der Waals surface area contributed by atoms with E-state index in [9.17, 15) is 0 Å². The summed E-state index contributed by atoms with van der Waals surface area (Å²) in [4.78, 5) is 7.18. The first-order valence-corrected chi connectivity index (χ1v) is 2.53. The molecular weight excluding hydrogens is 128 g/mol. The van der Waals surface area contributed by atoms with Gasteiger partial charge in [0.15, 0.2) is 0 Å². The Labute approximate surface area is 51.7 Å². The minimum Gasteiger partial charge on any atom is -0.356 e. The summed E-state index contributed by atoms with van der Waals surface area (Å²) in [7, 11) is 0. The Morgan fingerprint density at radius 3 is 2.62 bits per heavy atom. The predicted molar refractivity (Wildman–Crippen MR) is 32.7 cm³/mol. The quantitative estimate of drug-likeness (QED) is 0.367. The van der Waals surface area contributed by atoms with Crippen LogP contribution in [0.5, 0.6) is 0 Å². The van der Waals surface area contributed by atoms with Crippen LogP contribution in [0, 0.1) is 0 Å². The maximum absolute atomic E-state index is 8.83. The molecule has 0 radical (unpaired) electrons. The van der Waals surface area contributed by atoms with Crippen LogP contribution in [0.3, 0.4) is 0 Å². The number of aliphatic hydroxyl groups is 1. The summed E-state index contributed by atoms with van der Waals surface area (Å²) in [5.74, 6) is 0. The molecule has 3 nitrogen and oxygen atoms in total. The molecule has 4 heteroatoms. The van der Waals surface area contributed by atoms with Gasteiger partial charge in [0.05, 0.1) is 0 Å². The fourth-order valence-electron chi connectivity index (χ4n) is 0.404. The molecule has 1 unspecified atom stereocenters. The summed E-state index contributed by atoms with van der Waals surface area (Å²) in [5.41, 5.74) is 0. The molecule has 0 spiro atoms. The van der Waals surface area contributed by atoms with Gasteiger partial charge < -0.3 is 5.11 Å². The van der Waals surface area contributed by atoms with Gasteiger partial charge in [-0.05, 0) is 0 Å². The lowest BCUT2D eigenvalue weighted by Gasteiger charge is -2.13. The average molecular weight is 133 g/mol. The van der Waals surface area contributed by atoms with Crippen LogP contribution in [-0.2, 0) is 0 Å². The fraction of sp³-hybridized carbons (Fsp3) is 0.500. The number of hydrogen-bond acceptors (Lipinski definition) is 3. The van der Waals surface area contributed by atoms with Crippen LogP contribution in [0.25, 0.3) is 0 Å². The highest BCUT2D eigenvalue weighted by Gasteiger charge is 2.20. The second kappa shape index (κ2) is 1.84. The minimum atomic E-state index is -1.48. The molecule has 0 aliphatic carbocycles. The smallest absolute Gasteiger partial charge is 0.254 e. The number of nitrogens with zero attached hydrogens (tertiary/aromatic N) is 2. The van der Waals surface area contributed by atoms with Crippen LogP contribution in [0.4, 0.5) is 0 Å². The summed E-state index contributed by atoms with van der Waals surface area (Å²) in [6, 6.07) is 0. The zero-order valence-electron chi connectivity index (χ0n) is 4.08. The Morgan fingerprint density at radius 2 is 2.38 bits per heavy atom. The van der Waals surface area contributed by atoms with Gasteiger partial charge in [-0.3, -0.25) is 4.99 Å². The lowest BCUT2D eigenvalue weighted by atomic mass is 10.5. The molecule has 1 aliphatic rings. The molecule has 0 amide bonds. The molecule has 0 aromatic heterocycles. The number of alkyl halides is 1. The molecule has 1 rings (SSSR count). The van der Waals surface area contributed by atoms with Gasteiger partial charge in [-0.1, -0.05) is 11.6 Å². The number of hydrogen-bond donors (Lipinski definition) is 1. The third-order valence-electron chi connectivity index (χ3n) is 0.737. The second-order valence-corrected chi connectivity index (χ2v) is 2.09. The summed E-state index contributed by atoms with van der Waals surface area (Å²) in [6.45, 7) is 0.144. The molecule has 1 N–H and O–H groups in total. The Balaban J connectivity index is 2.65. The van der Waals surface area contributed by atoms with Crippen LogP contribution in [0.2, 0.25) is 0 Å². The molecule has 0 saturated carbocycles. The Kier molecular flexibility index (Phi) is 1.31. The van der Waals surface area contributed by atoms with Crippen LogP contribution in [0.1, 0.15) is 0 Å². The summed E-state index contributed by atoms with van der Waals surface area (Å²) in [5, 5.41) is 7.35. The lowest BCUT2D eigenvalue weighted by molar-refractivity contribution is 0.148. The maximum atomic E-state index is 8.83. The van der Waals surface area contributed by atoms with Crippen molar-refractivity contribution >= 4 is 24.0 Å². The fourth-order valence-corrected chi connectivity index (χ4v) is 0.530. The van der Waals surface area contributed by atoms with Crippen molar-refractivity contribution < 1.29 is 5.11 Å². The van der Waals surface area contributed by atoms with Gasteiger partial charge >= 0.3 is 0 Å². The van der Waals surface area contributed by atoms with E-state index in [0.717, 1.165) is 0 Å². The SMILES string of the molecule is OC1(Cl)CN=CC=N1. The van der Waals surface area contributed by atoms with Crippen LogP contribution >= 0.6 is 11.6 Å². The Bertz CT molecular complexity index is 141. The molecule has 1 aliphatic heterocycles. The van der Waals surface area contributed by atoms with Crippen molar-refractivity contribution in [1.82, 2.24) is 0 Å². The third kappa shape index (κ3) is 1.28. The standard InChI is InChI=1S/C4H5ClN2O/c5-4(8)3-6-1-2-7-4/h1-2,8H,3H2. The molecule has 0 fully saturated rings. The van der Waals surface area contributed by atoms with Crippen molar-refractivity contribution in [3.05, 3.63) is 0 Å². The highest BCUT2D eigenvalue weighted by Crippen LogP contribution is 2.13. The van der Waals surface area contributed by atoms with E-state index in [4.69, 9.17) is 16.7 Å². The van der Waals surface area contributed by atoms with Crippen LogP contribution in [0.15, 0.2) is 9.98 Å². The number of halogens is 1. The first-order chi connectivity index (χ1) is 3.71. The number of aliphatic imine (C=N–C) groups is 2. The van der Waals surface area contributed by atoms with Gasteiger partial charge in [0, 0.05) is 12.4 Å². The van der Waals surface area contributed by atoms with Crippen molar-refractivity contribution in [2.75, 3.05) is 6.54 Å². The monoisotopic (exact) mass is 132 g/mol. The van der Waals surface area contributed by atoms with Crippen molar-refractivity contribution in [3.63, 3.8) is 0 Å². The van der Waals surface area contributed by atoms with Crippen LogP contribution in [-0.4, -0.2) is 29.3 Å². The van der Waals surface area contributed by atoms with E-state index in [1.54, 1.807) is 0 Å². The van der Waals surface area contributed by atoms with Crippen molar-refractivity contribution in [1.29, 1.82) is 0 Å². The first-order valence-electron chi connectivity index (χ1n) is 2.16. The molecule has 0 bridgehead atoms. The van der Waals surface area contributed by atoms with Crippen molar-refractivity contribution in [3.8, 4) is 0 Å². The molecular formula is C4H5ClN2O. The average Bonchev–Trinajstić information content (AvgIpc) is 1.65. The zero-order valence-corrected chi connectivity index (χ0v) is 4.84. The van der Waals surface area contributed by atoms with Gasteiger partial charge in [0.1, 0.15) is 6.54 Å². The summed E-state index contributed by atoms with van der Waals surface area (Å²) in [6.07, 6.45) is 2.87. The first kappa shape index (κ1) is 5.72. The molecule has 1 heterocycles. The topological polar surface area (TPSA) is 45.0 Å². The highest BCUT2D eigenvalue weighted by atomic mass is 35.5. The molecule has 1 atom stereocenters. The van der Waals surface area contributed by atoms with E-state index in [1.165, 1.54) is 12.4 Å². The summed E-state index contributed by atoms with van der Waals surface area (Å²) < 4.78 is 0. The van der Waals surface area contributed by atoms with E-state index in [2.05, 4.69) is 9.98 Å². The van der Waals surface area contributed by atoms with E-state index >= 15 is 0 Å². The maximum Gasteiger partial charge on any atom is 0.254 e. The van der Waals surface area contributed by atoms with Crippen molar-refractivity contribution in [2.45, 2.75) is 5.18 Å². The van der Waals surface area contributed by atoms with Gasteiger partial charge in [-0.2, -0.15) is 0 Å². The highest BCUT2D eigenvalue weighted by molar-refractivity contribution is 6.26. The van der Waals surface area contributed by atoms with Crippen molar-refractivity contribution in [2.24, 2.45) is 9.98 Å². The summed E-state index contributed by atoms with van der Waals surface area (Å²) >= 11 is 5.32. The normalized spacial score (nSPS) is 35.8. The molecule has 44 valence electrons. The number of rotatable bonds is 0. The van der Waals surface area contributed by atoms with E-state index in [1.807, 2.05) is 0 Å². The lowest BCUT2D eigenvalue weighted by Crippen LogP contribution is -2.24.